The van der Waals surface area contributed by atoms with Crippen molar-refractivity contribution < 1.29 is 18.7 Å². The second-order valence-electron chi connectivity index (χ2n) is 5.17. The first-order valence-corrected chi connectivity index (χ1v) is 7.28. The zero-order valence-corrected chi connectivity index (χ0v) is 12.5. The van der Waals surface area contributed by atoms with E-state index in [4.69, 9.17) is 20.8 Å². The van der Waals surface area contributed by atoms with E-state index in [-0.39, 0.29) is 24.1 Å². The Morgan fingerprint density at radius 2 is 2.00 bits per heavy atom. The van der Waals surface area contributed by atoms with Gasteiger partial charge in [0.25, 0.3) is 5.91 Å². The van der Waals surface area contributed by atoms with E-state index in [1.54, 1.807) is 42.5 Å². The summed E-state index contributed by atoms with van der Waals surface area (Å²) in [5, 5.41) is 4.01. The number of hydrogen-bond acceptors (Lipinski definition) is 4. The molecule has 0 spiro atoms. The average molecular weight is 328 g/mol. The number of fused-ring (bicyclic) bond motifs is 2. The summed E-state index contributed by atoms with van der Waals surface area (Å²) < 4.78 is 10.9. The molecule has 0 saturated carbocycles. The average Bonchev–Trinajstić information content (AvgIpc) is 2.96. The third-order valence-corrected chi connectivity index (χ3v) is 3.81. The molecule has 1 aromatic heterocycles. The van der Waals surface area contributed by atoms with E-state index in [2.05, 4.69) is 5.32 Å². The molecule has 0 fully saturated rings. The smallest absolute Gasteiger partial charge is 0.262 e. The van der Waals surface area contributed by atoms with Gasteiger partial charge in [-0.25, -0.2) is 0 Å². The number of rotatable bonds is 2. The highest BCUT2D eigenvalue weighted by Gasteiger charge is 2.20. The van der Waals surface area contributed by atoms with Crippen molar-refractivity contribution in [1.29, 1.82) is 0 Å². The van der Waals surface area contributed by atoms with E-state index >= 15 is 0 Å². The first kappa shape index (κ1) is 13.8. The Kier molecular flexibility index (Phi) is 3.09. The van der Waals surface area contributed by atoms with Crippen LogP contribution in [0.2, 0.25) is 5.02 Å². The lowest BCUT2D eigenvalue weighted by Crippen LogP contribution is -2.25. The topological polar surface area (TPSA) is 68.5 Å². The Morgan fingerprint density at radius 1 is 1.13 bits per heavy atom. The molecule has 1 N–H and O–H groups in total. The van der Waals surface area contributed by atoms with Gasteiger partial charge >= 0.3 is 0 Å². The summed E-state index contributed by atoms with van der Waals surface area (Å²) >= 11 is 5.94. The molecule has 5 nitrogen and oxygen atoms in total. The molecule has 0 saturated heterocycles. The van der Waals surface area contributed by atoms with Gasteiger partial charge in [-0.3, -0.25) is 9.59 Å². The third-order valence-electron chi connectivity index (χ3n) is 3.58. The second kappa shape index (κ2) is 5.14. The minimum atomic E-state index is -0.278. The van der Waals surface area contributed by atoms with Crippen LogP contribution in [-0.2, 0) is 4.79 Å². The number of furan rings is 1. The summed E-state index contributed by atoms with van der Waals surface area (Å²) in [5.74, 6) is 0.225. The Bertz CT molecular complexity index is 960. The predicted molar refractivity (Wildman–Crippen MR) is 85.2 cm³/mol. The number of nitrogens with one attached hydrogen (secondary N) is 1. The van der Waals surface area contributed by atoms with Crippen LogP contribution in [0.1, 0.15) is 16.1 Å². The maximum atomic E-state index is 12.6. The molecule has 23 heavy (non-hydrogen) atoms. The number of anilines is 1. The van der Waals surface area contributed by atoms with Crippen LogP contribution in [0.15, 0.2) is 46.9 Å². The second-order valence-corrected chi connectivity index (χ2v) is 5.61. The predicted octanol–water partition coefficient (Wildman–Crippen LogP) is 3.65. The Morgan fingerprint density at radius 3 is 2.87 bits per heavy atom. The van der Waals surface area contributed by atoms with E-state index in [9.17, 15) is 9.59 Å². The molecule has 3 aromatic rings. The number of ether oxygens (including phenoxy) is 1. The summed E-state index contributed by atoms with van der Waals surface area (Å²) in [6.45, 7) is -0.0232. The van der Waals surface area contributed by atoms with Gasteiger partial charge in [-0.2, -0.15) is 0 Å². The molecule has 2 heterocycles. The van der Waals surface area contributed by atoms with Crippen LogP contribution in [-0.4, -0.2) is 18.3 Å². The lowest BCUT2D eigenvalue weighted by Gasteiger charge is -2.18. The number of carbonyl (C=O) groups is 2. The molecule has 0 aliphatic carbocycles. The van der Waals surface area contributed by atoms with Gasteiger partial charge in [-0.05, 0) is 42.5 Å². The molecule has 1 aliphatic heterocycles. The number of hydrogen-bond donors (Lipinski definition) is 1. The van der Waals surface area contributed by atoms with Crippen molar-refractivity contribution in [2.45, 2.75) is 0 Å². The van der Waals surface area contributed by atoms with Gasteiger partial charge in [-0.1, -0.05) is 11.6 Å². The SMILES string of the molecule is O=C1COc2ccc(C(=O)c3cc4cc(Cl)ccc4o3)cc2N1. The van der Waals surface area contributed by atoms with Crippen molar-refractivity contribution in [3.05, 3.63) is 58.8 Å². The molecule has 0 atom stereocenters. The van der Waals surface area contributed by atoms with Gasteiger partial charge in [0.05, 0.1) is 5.69 Å². The molecule has 6 heteroatoms. The molecule has 0 bridgehead atoms. The van der Waals surface area contributed by atoms with Crippen molar-refractivity contribution in [3.8, 4) is 5.75 Å². The van der Waals surface area contributed by atoms with Crippen LogP contribution < -0.4 is 10.1 Å². The quantitative estimate of drug-likeness (QED) is 0.729. The fraction of sp³-hybridized carbons (Fsp3) is 0.0588. The molecular formula is C17H10ClNO4. The molecule has 114 valence electrons. The molecule has 0 unspecified atom stereocenters. The number of amides is 1. The van der Waals surface area contributed by atoms with Crippen molar-refractivity contribution in [2.24, 2.45) is 0 Å². The fourth-order valence-corrected chi connectivity index (χ4v) is 2.67. The normalized spacial score (nSPS) is 13.3. The number of carbonyl (C=O) groups excluding carboxylic acids is 2. The highest BCUT2D eigenvalue weighted by atomic mass is 35.5. The standard InChI is InChI=1S/C17H10ClNO4/c18-11-2-4-13-10(5-11)7-15(23-13)17(21)9-1-3-14-12(6-9)19-16(20)8-22-14/h1-7H,8H2,(H,19,20). The zero-order valence-electron chi connectivity index (χ0n) is 11.8. The summed E-state index contributed by atoms with van der Waals surface area (Å²) in [6.07, 6.45) is 0. The molecule has 0 radical (unpaired) electrons. The number of ketones is 1. The van der Waals surface area contributed by atoms with Crippen LogP contribution in [0.5, 0.6) is 5.75 Å². The highest BCUT2D eigenvalue weighted by molar-refractivity contribution is 6.31. The first-order valence-electron chi connectivity index (χ1n) is 6.91. The van der Waals surface area contributed by atoms with E-state index in [0.29, 0.717) is 27.6 Å². The molecule has 4 rings (SSSR count). The van der Waals surface area contributed by atoms with Gasteiger partial charge in [0.2, 0.25) is 5.78 Å². The molecule has 1 amide bonds. The number of halogens is 1. The fourth-order valence-electron chi connectivity index (χ4n) is 2.49. The summed E-state index contributed by atoms with van der Waals surface area (Å²) in [5.41, 5.74) is 1.47. The van der Waals surface area contributed by atoms with Crippen molar-refractivity contribution in [3.63, 3.8) is 0 Å². The maximum absolute atomic E-state index is 12.6. The summed E-state index contributed by atoms with van der Waals surface area (Å²) in [4.78, 5) is 24.0. The van der Waals surface area contributed by atoms with Crippen LogP contribution in [0, 0.1) is 0 Å². The van der Waals surface area contributed by atoms with Crippen LogP contribution >= 0.6 is 11.6 Å². The summed E-state index contributed by atoms with van der Waals surface area (Å²) in [6, 6.07) is 11.7. The first-order chi connectivity index (χ1) is 11.1. The zero-order chi connectivity index (χ0) is 16.0. The van der Waals surface area contributed by atoms with Gasteiger partial charge in [0.15, 0.2) is 12.4 Å². The molecular weight excluding hydrogens is 318 g/mol. The molecule has 1 aliphatic rings. The van der Waals surface area contributed by atoms with Crippen LogP contribution in [0.3, 0.4) is 0 Å². The van der Waals surface area contributed by atoms with Crippen LogP contribution in [0.4, 0.5) is 5.69 Å². The lowest BCUT2D eigenvalue weighted by atomic mass is 10.1. The van der Waals surface area contributed by atoms with Gasteiger partial charge < -0.3 is 14.5 Å². The number of benzene rings is 2. The highest BCUT2D eigenvalue weighted by Crippen LogP contribution is 2.30. The Labute approximate surface area is 135 Å². The maximum Gasteiger partial charge on any atom is 0.262 e. The van der Waals surface area contributed by atoms with Gasteiger partial charge in [-0.15, -0.1) is 0 Å². The van der Waals surface area contributed by atoms with E-state index in [0.717, 1.165) is 5.39 Å². The third kappa shape index (κ3) is 2.45. The lowest BCUT2D eigenvalue weighted by molar-refractivity contribution is -0.118. The van der Waals surface area contributed by atoms with Crippen molar-refractivity contribution >= 4 is 39.9 Å². The Hall–Kier alpha value is -2.79. The van der Waals surface area contributed by atoms with Crippen molar-refractivity contribution in [2.75, 3.05) is 11.9 Å². The monoisotopic (exact) mass is 327 g/mol. The van der Waals surface area contributed by atoms with Crippen LogP contribution in [0.25, 0.3) is 11.0 Å². The Balaban J connectivity index is 1.73. The van der Waals surface area contributed by atoms with Gasteiger partial charge in [0, 0.05) is 16.0 Å². The largest absolute Gasteiger partial charge is 0.482 e. The van der Waals surface area contributed by atoms with Gasteiger partial charge in [0.1, 0.15) is 11.3 Å². The minimum absolute atomic E-state index is 0.0232. The van der Waals surface area contributed by atoms with E-state index in [1.165, 1.54) is 0 Å². The van der Waals surface area contributed by atoms with E-state index in [1.807, 2.05) is 0 Å². The minimum Gasteiger partial charge on any atom is -0.482 e. The summed E-state index contributed by atoms with van der Waals surface area (Å²) in [7, 11) is 0. The van der Waals surface area contributed by atoms with E-state index < -0.39 is 0 Å². The van der Waals surface area contributed by atoms with Crippen molar-refractivity contribution in [1.82, 2.24) is 0 Å². The molecule has 2 aromatic carbocycles.